The van der Waals surface area contributed by atoms with Gasteiger partial charge in [-0.3, -0.25) is 19.2 Å². The molecule has 1 atom stereocenters. The quantitative estimate of drug-likeness (QED) is 0.444. The second kappa shape index (κ2) is 8.95. The number of rotatable bonds is 4. The number of alkyl halides is 6. The molecule has 34 heavy (non-hydrogen) atoms. The van der Waals surface area contributed by atoms with Gasteiger partial charge in [0, 0.05) is 15.5 Å². The maximum Gasteiger partial charge on any atom is 0.416 e. The van der Waals surface area contributed by atoms with Gasteiger partial charge in [-0.1, -0.05) is 11.6 Å². The van der Waals surface area contributed by atoms with Gasteiger partial charge in [-0.2, -0.15) is 26.3 Å². The third kappa shape index (κ3) is 5.20. The van der Waals surface area contributed by atoms with E-state index in [0.29, 0.717) is 12.1 Å². The molecule has 1 aliphatic rings. The van der Waals surface area contributed by atoms with Crippen molar-refractivity contribution in [3.05, 3.63) is 52.0 Å². The minimum absolute atomic E-state index is 0.0766. The molecule has 0 spiro atoms. The molecule has 3 rings (SSSR count). The van der Waals surface area contributed by atoms with Gasteiger partial charge in [0.05, 0.1) is 11.1 Å². The minimum atomic E-state index is -5.14. The molecule has 0 saturated carbocycles. The molecule has 180 valence electrons. The Morgan fingerprint density at radius 2 is 1.47 bits per heavy atom. The molecule has 1 aliphatic heterocycles. The van der Waals surface area contributed by atoms with Crippen LogP contribution in [0, 0.1) is 5.92 Å². The molecule has 6 nitrogen and oxygen atoms in total. The lowest BCUT2D eigenvalue weighted by Crippen LogP contribution is -2.43. The van der Waals surface area contributed by atoms with Crippen molar-refractivity contribution in [2.24, 2.45) is 5.92 Å². The Hall–Kier alpha value is -3.06. The molecule has 0 aromatic heterocycles. The number of carboxylic acids is 1. The molecule has 0 radical (unpaired) electrons. The van der Waals surface area contributed by atoms with Crippen molar-refractivity contribution < 1.29 is 50.6 Å². The number of hydrogen-bond acceptors (Lipinski definition) is 5. The van der Waals surface area contributed by atoms with Gasteiger partial charge in [-0.25, -0.2) is 0 Å². The number of nitrogens with one attached hydrogen (secondary N) is 1. The van der Waals surface area contributed by atoms with E-state index in [-0.39, 0.29) is 38.9 Å². The average Bonchev–Trinajstić information content (AvgIpc) is 2.71. The second-order valence-corrected chi connectivity index (χ2v) is 8.41. The van der Waals surface area contributed by atoms with E-state index in [0.717, 1.165) is 12.1 Å². The van der Waals surface area contributed by atoms with Crippen molar-refractivity contribution in [3.63, 3.8) is 0 Å². The lowest BCUT2D eigenvalue weighted by Gasteiger charge is -2.24. The van der Waals surface area contributed by atoms with Gasteiger partial charge in [0.2, 0.25) is 11.0 Å². The zero-order valence-corrected chi connectivity index (χ0v) is 17.9. The fraction of sp³-hybridized carbons (Fsp3) is 0.200. The Morgan fingerprint density at radius 3 is 1.97 bits per heavy atom. The topological polar surface area (TPSA) is 101 Å². The molecule has 0 aliphatic carbocycles. The fourth-order valence-electron chi connectivity index (χ4n) is 3.12. The Balaban J connectivity index is 2.18. The Kier molecular flexibility index (Phi) is 6.73. The summed E-state index contributed by atoms with van der Waals surface area (Å²) in [5.41, 5.74) is -4.57. The van der Waals surface area contributed by atoms with Crippen molar-refractivity contribution >= 4 is 46.1 Å². The van der Waals surface area contributed by atoms with Crippen LogP contribution in [0.2, 0.25) is 5.02 Å². The number of Topliss-reactive ketones (excluding diaryl/α,β-unsaturated/α-hetero) is 1. The summed E-state index contributed by atoms with van der Waals surface area (Å²) in [6.45, 7) is -0.890. The van der Waals surface area contributed by atoms with E-state index in [9.17, 15) is 45.5 Å². The van der Waals surface area contributed by atoms with E-state index in [1.807, 2.05) is 5.32 Å². The summed E-state index contributed by atoms with van der Waals surface area (Å²) in [6, 6.07) is 2.77. The maximum atomic E-state index is 13.3. The number of hydrogen-bond donors (Lipinski definition) is 2. The predicted molar refractivity (Wildman–Crippen MR) is 106 cm³/mol. The SMILES string of the molecule is O=C(O)CNC(=O)C1C(=O)Sc2c(cc(Cl)cc2-c2cc(C(F)(F)F)cc(C(F)(F)F)c2)C1=O. The number of carboxylic acid groups (broad SMARTS) is 1. The van der Waals surface area contributed by atoms with E-state index >= 15 is 0 Å². The van der Waals surface area contributed by atoms with E-state index in [1.54, 1.807) is 0 Å². The summed E-state index contributed by atoms with van der Waals surface area (Å²) >= 11 is 6.21. The second-order valence-electron chi connectivity index (χ2n) is 6.95. The summed E-state index contributed by atoms with van der Waals surface area (Å²) < 4.78 is 79.6. The number of aliphatic carboxylic acids is 1. The van der Waals surface area contributed by atoms with Crippen molar-refractivity contribution in [3.8, 4) is 11.1 Å². The third-order valence-electron chi connectivity index (χ3n) is 4.59. The molecule has 2 N–H and O–H groups in total. The zero-order chi connectivity index (χ0) is 25.6. The highest BCUT2D eigenvalue weighted by Gasteiger charge is 2.42. The summed E-state index contributed by atoms with van der Waals surface area (Å²) in [7, 11) is 0. The molecule has 2 aromatic rings. The standard InChI is InChI=1S/C20H10ClF6NO5S/c21-10-4-11(7-1-8(19(22,23)24)3-9(2-7)20(25,26)27)16-12(5-10)15(31)14(18(33)34-16)17(32)28-6-13(29)30/h1-5,14H,6H2,(H,28,32)(H,29,30). The first-order chi connectivity index (χ1) is 15.6. The summed E-state index contributed by atoms with van der Waals surface area (Å²) in [5, 5.41) is 9.17. The lowest BCUT2D eigenvalue weighted by molar-refractivity contribution is -0.143. The third-order valence-corrected chi connectivity index (χ3v) is 5.89. The number of benzene rings is 2. The lowest BCUT2D eigenvalue weighted by atomic mass is 9.92. The molecular weight excluding hydrogens is 516 g/mol. The molecule has 1 amide bonds. The number of ketones is 1. The number of fused-ring (bicyclic) bond motifs is 1. The van der Waals surface area contributed by atoms with Gasteiger partial charge >= 0.3 is 18.3 Å². The smallest absolute Gasteiger partial charge is 0.416 e. The minimum Gasteiger partial charge on any atom is -0.480 e. The van der Waals surface area contributed by atoms with Crippen LogP contribution in [-0.2, 0) is 26.7 Å². The predicted octanol–water partition coefficient (Wildman–Crippen LogP) is 4.68. The van der Waals surface area contributed by atoms with Gasteiger partial charge in [-0.15, -0.1) is 0 Å². The number of carbonyl (C=O) groups excluding carboxylic acids is 3. The Morgan fingerprint density at radius 1 is 0.941 bits per heavy atom. The monoisotopic (exact) mass is 525 g/mol. The molecule has 0 bridgehead atoms. The first kappa shape index (κ1) is 25.6. The van der Waals surface area contributed by atoms with Gasteiger partial charge in [-0.05, 0) is 53.2 Å². The number of carbonyl (C=O) groups is 4. The normalized spacial score (nSPS) is 16.3. The Labute approximate surface area is 195 Å². The van der Waals surface area contributed by atoms with Gasteiger partial charge < -0.3 is 10.4 Å². The Bertz CT molecular complexity index is 1190. The van der Waals surface area contributed by atoms with E-state index in [1.165, 1.54) is 0 Å². The number of halogens is 7. The van der Waals surface area contributed by atoms with Crippen molar-refractivity contribution in [2.75, 3.05) is 6.54 Å². The summed E-state index contributed by atoms with van der Waals surface area (Å²) in [4.78, 5) is 47.9. The van der Waals surface area contributed by atoms with Gasteiger partial charge in [0.15, 0.2) is 11.7 Å². The van der Waals surface area contributed by atoms with Gasteiger partial charge in [0.1, 0.15) is 6.54 Å². The van der Waals surface area contributed by atoms with Crippen LogP contribution in [-0.4, -0.2) is 34.4 Å². The highest BCUT2D eigenvalue weighted by Crippen LogP contribution is 2.45. The molecular formula is C20H10ClF6NO5S. The van der Waals surface area contributed by atoms with Gasteiger partial charge in [0.25, 0.3) is 0 Å². The van der Waals surface area contributed by atoms with Crippen molar-refractivity contribution in [1.29, 1.82) is 0 Å². The zero-order valence-electron chi connectivity index (χ0n) is 16.3. The highest BCUT2D eigenvalue weighted by molar-refractivity contribution is 8.14. The molecule has 1 unspecified atom stereocenters. The molecule has 1 heterocycles. The molecule has 14 heteroatoms. The number of amides is 1. The first-order valence-electron chi connectivity index (χ1n) is 8.98. The largest absolute Gasteiger partial charge is 0.480 e. The molecule has 2 aromatic carbocycles. The molecule has 0 saturated heterocycles. The summed E-state index contributed by atoms with van der Waals surface area (Å²) in [6.07, 6.45) is -10.3. The van der Waals surface area contributed by atoms with E-state index in [4.69, 9.17) is 16.7 Å². The van der Waals surface area contributed by atoms with Crippen molar-refractivity contribution in [1.82, 2.24) is 5.32 Å². The van der Waals surface area contributed by atoms with Crippen molar-refractivity contribution in [2.45, 2.75) is 17.2 Å². The van der Waals surface area contributed by atoms with Crippen LogP contribution < -0.4 is 5.32 Å². The van der Waals surface area contributed by atoms with Crippen LogP contribution in [0.15, 0.2) is 35.2 Å². The maximum absolute atomic E-state index is 13.3. The van der Waals surface area contributed by atoms with Crippen LogP contribution in [0.5, 0.6) is 0 Å². The number of thioether (sulfide) groups is 1. The fourth-order valence-corrected chi connectivity index (χ4v) is 4.43. The van der Waals surface area contributed by atoms with E-state index in [2.05, 4.69) is 0 Å². The van der Waals surface area contributed by atoms with Crippen LogP contribution in [0.3, 0.4) is 0 Å². The van der Waals surface area contributed by atoms with Crippen LogP contribution in [0.4, 0.5) is 26.3 Å². The average molecular weight is 526 g/mol. The van der Waals surface area contributed by atoms with E-state index < -0.39 is 64.3 Å². The summed E-state index contributed by atoms with van der Waals surface area (Å²) in [5.74, 6) is -5.79. The highest BCUT2D eigenvalue weighted by atomic mass is 35.5. The first-order valence-corrected chi connectivity index (χ1v) is 10.2. The van der Waals surface area contributed by atoms with Crippen LogP contribution >= 0.6 is 23.4 Å². The van der Waals surface area contributed by atoms with Crippen LogP contribution in [0.25, 0.3) is 11.1 Å². The molecule has 0 fully saturated rings. The van der Waals surface area contributed by atoms with Crippen LogP contribution in [0.1, 0.15) is 21.5 Å².